The molecular weight excluding hydrogens is 290 g/mol. The van der Waals surface area contributed by atoms with E-state index in [1.807, 2.05) is 19.1 Å². The normalized spacial score (nSPS) is 16.7. The zero-order valence-corrected chi connectivity index (χ0v) is 13.5. The minimum Gasteiger partial charge on any atom is -0.351 e. The lowest BCUT2D eigenvalue weighted by molar-refractivity contribution is -0.122. The molecular formula is C18H21N3O2. The maximum Gasteiger partial charge on any atom is 0.348 e. The molecule has 120 valence electrons. The van der Waals surface area contributed by atoms with Crippen molar-refractivity contribution in [1.82, 2.24) is 14.9 Å². The fourth-order valence-corrected chi connectivity index (χ4v) is 3.20. The molecule has 1 aliphatic rings. The van der Waals surface area contributed by atoms with Gasteiger partial charge in [0.25, 0.3) is 0 Å². The summed E-state index contributed by atoms with van der Waals surface area (Å²) < 4.78 is 1.42. The highest BCUT2D eigenvalue weighted by Gasteiger charge is 2.20. The van der Waals surface area contributed by atoms with Gasteiger partial charge in [-0.25, -0.2) is 4.79 Å². The number of hydrogen-bond donors (Lipinski definition) is 1. The van der Waals surface area contributed by atoms with Gasteiger partial charge >= 0.3 is 5.69 Å². The molecule has 5 heteroatoms. The van der Waals surface area contributed by atoms with E-state index in [-0.39, 0.29) is 24.2 Å². The molecule has 0 saturated heterocycles. The summed E-state index contributed by atoms with van der Waals surface area (Å²) in [5, 5.41) is 3.05. The standard InChI is InChI=1S/C18H21N3O2/c1-12-9-13(2)21(18(23)19-12)11-17(22)20-16-8-7-14-5-3-4-6-15(14)10-16/h3-6,9,16H,7-8,10-11H2,1-2H3,(H,20,22). The molecule has 0 bridgehead atoms. The van der Waals surface area contributed by atoms with Gasteiger partial charge in [0.15, 0.2) is 0 Å². The summed E-state index contributed by atoms with van der Waals surface area (Å²) in [6.07, 6.45) is 2.76. The van der Waals surface area contributed by atoms with Gasteiger partial charge in [-0.1, -0.05) is 24.3 Å². The van der Waals surface area contributed by atoms with Gasteiger partial charge in [-0.05, 0) is 50.3 Å². The Hall–Kier alpha value is -2.43. The monoisotopic (exact) mass is 311 g/mol. The van der Waals surface area contributed by atoms with Crippen LogP contribution in [0.5, 0.6) is 0 Å². The van der Waals surface area contributed by atoms with Crippen LogP contribution in [0.1, 0.15) is 28.9 Å². The van der Waals surface area contributed by atoms with Gasteiger partial charge in [0.05, 0.1) is 0 Å². The fourth-order valence-electron chi connectivity index (χ4n) is 3.20. The van der Waals surface area contributed by atoms with Crippen LogP contribution in [0.2, 0.25) is 0 Å². The highest BCUT2D eigenvalue weighted by atomic mass is 16.2. The van der Waals surface area contributed by atoms with Crippen molar-refractivity contribution in [3.63, 3.8) is 0 Å². The van der Waals surface area contributed by atoms with Gasteiger partial charge in [0.2, 0.25) is 5.91 Å². The first kappa shape index (κ1) is 15.5. The number of rotatable bonds is 3. The molecule has 3 rings (SSSR count). The van der Waals surface area contributed by atoms with Crippen molar-refractivity contribution in [3.8, 4) is 0 Å². The molecule has 1 atom stereocenters. The van der Waals surface area contributed by atoms with Crippen molar-refractivity contribution in [2.45, 2.75) is 45.7 Å². The van der Waals surface area contributed by atoms with E-state index >= 15 is 0 Å². The maximum absolute atomic E-state index is 12.3. The summed E-state index contributed by atoms with van der Waals surface area (Å²) >= 11 is 0. The van der Waals surface area contributed by atoms with E-state index in [4.69, 9.17) is 0 Å². The van der Waals surface area contributed by atoms with E-state index in [2.05, 4.69) is 28.5 Å². The summed E-state index contributed by atoms with van der Waals surface area (Å²) in [7, 11) is 0. The van der Waals surface area contributed by atoms with Crippen LogP contribution in [0.4, 0.5) is 0 Å². The van der Waals surface area contributed by atoms with Crippen LogP contribution < -0.4 is 11.0 Å². The van der Waals surface area contributed by atoms with Crippen molar-refractivity contribution in [2.75, 3.05) is 0 Å². The van der Waals surface area contributed by atoms with Crippen LogP contribution in [0.3, 0.4) is 0 Å². The largest absolute Gasteiger partial charge is 0.351 e. The predicted octanol–water partition coefficient (Wildman–Crippen LogP) is 1.53. The number of nitrogens with zero attached hydrogens (tertiary/aromatic N) is 2. The molecule has 0 fully saturated rings. The minimum atomic E-state index is -0.369. The van der Waals surface area contributed by atoms with Crippen LogP contribution in [-0.4, -0.2) is 21.5 Å². The van der Waals surface area contributed by atoms with E-state index in [9.17, 15) is 9.59 Å². The van der Waals surface area contributed by atoms with Crippen molar-refractivity contribution in [3.05, 3.63) is 63.3 Å². The number of nitrogens with one attached hydrogen (secondary N) is 1. The summed E-state index contributed by atoms with van der Waals surface area (Å²) in [4.78, 5) is 28.1. The maximum atomic E-state index is 12.3. The molecule has 1 aromatic carbocycles. The summed E-state index contributed by atoms with van der Waals surface area (Å²) in [6.45, 7) is 3.62. The predicted molar refractivity (Wildman–Crippen MR) is 88.4 cm³/mol. The SMILES string of the molecule is Cc1cc(C)n(CC(=O)NC2CCc3ccccc3C2)c(=O)n1. The molecule has 1 N–H and O–H groups in total. The fraction of sp³-hybridized carbons (Fsp3) is 0.389. The van der Waals surface area contributed by atoms with Crippen LogP contribution in [-0.2, 0) is 24.2 Å². The van der Waals surface area contributed by atoms with Crippen LogP contribution in [0.15, 0.2) is 35.1 Å². The Bertz CT molecular complexity index is 795. The zero-order valence-electron chi connectivity index (χ0n) is 13.5. The topological polar surface area (TPSA) is 64.0 Å². The number of aromatic nitrogens is 2. The van der Waals surface area contributed by atoms with E-state index < -0.39 is 0 Å². The third-order valence-corrected chi connectivity index (χ3v) is 4.36. The molecule has 1 aromatic heterocycles. The number of carbonyl (C=O) groups is 1. The minimum absolute atomic E-state index is 0.0239. The molecule has 1 amide bonds. The smallest absolute Gasteiger partial charge is 0.348 e. The highest BCUT2D eigenvalue weighted by Crippen LogP contribution is 2.20. The second-order valence-electron chi connectivity index (χ2n) is 6.18. The Morgan fingerprint density at radius 3 is 2.78 bits per heavy atom. The highest BCUT2D eigenvalue weighted by molar-refractivity contribution is 5.76. The van der Waals surface area contributed by atoms with Crippen LogP contribution in [0, 0.1) is 13.8 Å². The second-order valence-corrected chi connectivity index (χ2v) is 6.18. The summed E-state index contributed by atoms with van der Waals surface area (Å²) in [5.74, 6) is -0.134. The van der Waals surface area contributed by atoms with E-state index in [1.54, 1.807) is 6.92 Å². The van der Waals surface area contributed by atoms with Crippen molar-refractivity contribution in [2.24, 2.45) is 0 Å². The Balaban J connectivity index is 1.66. The molecule has 5 nitrogen and oxygen atoms in total. The third-order valence-electron chi connectivity index (χ3n) is 4.36. The first-order valence-electron chi connectivity index (χ1n) is 7.94. The van der Waals surface area contributed by atoms with Gasteiger partial charge < -0.3 is 5.32 Å². The third kappa shape index (κ3) is 3.50. The molecule has 1 aliphatic carbocycles. The lowest BCUT2D eigenvalue weighted by Crippen LogP contribution is -2.42. The lowest BCUT2D eigenvalue weighted by Gasteiger charge is -2.25. The van der Waals surface area contributed by atoms with Crippen molar-refractivity contribution in [1.29, 1.82) is 0 Å². The van der Waals surface area contributed by atoms with E-state index in [0.29, 0.717) is 5.69 Å². The second kappa shape index (κ2) is 6.36. The molecule has 0 radical (unpaired) electrons. The molecule has 1 heterocycles. The van der Waals surface area contributed by atoms with E-state index in [0.717, 1.165) is 25.0 Å². The number of amides is 1. The van der Waals surface area contributed by atoms with Gasteiger partial charge in [-0.15, -0.1) is 0 Å². The molecule has 23 heavy (non-hydrogen) atoms. The van der Waals surface area contributed by atoms with Gasteiger partial charge in [-0.3, -0.25) is 9.36 Å². The number of hydrogen-bond acceptors (Lipinski definition) is 3. The Labute approximate surface area is 135 Å². The van der Waals surface area contributed by atoms with Crippen molar-refractivity contribution < 1.29 is 4.79 Å². The van der Waals surface area contributed by atoms with Gasteiger partial charge in [0.1, 0.15) is 6.54 Å². The number of aryl methyl sites for hydroxylation is 3. The van der Waals surface area contributed by atoms with Crippen LogP contribution in [0.25, 0.3) is 0 Å². The molecule has 0 aliphatic heterocycles. The van der Waals surface area contributed by atoms with Gasteiger partial charge in [0, 0.05) is 17.4 Å². The van der Waals surface area contributed by atoms with Crippen LogP contribution >= 0.6 is 0 Å². The molecule has 1 unspecified atom stereocenters. The average Bonchev–Trinajstić information content (AvgIpc) is 2.51. The first-order chi connectivity index (χ1) is 11.0. The average molecular weight is 311 g/mol. The molecule has 0 saturated carbocycles. The number of fused-ring (bicyclic) bond motifs is 1. The molecule has 0 spiro atoms. The summed E-state index contributed by atoms with van der Waals surface area (Å²) in [6, 6.07) is 10.3. The summed E-state index contributed by atoms with van der Waals surface area (Å²) in [5.41, 5.74) is 3.73. The van der Waals surface area contributed by atoms with Gasteiger partial charge in [-0.2, -0.15) is 4.98 Å². The Morgan fingerprint density at radius 2 is 2.04 bits per heavy atom. The van der Waals surface area contributed by atoms with Crippen molar-refractivity contribution >= 4 is 5.91 Å². The Kier molecular flexibility index (Phi) is 4.28. The number of benzene rings is 1. The molecule has 2 aromatic rings. The number of carbonyl (C=O) groups excluding carboxylic acids is 1. The van der Waals surface area contributed by atoms with E-state index in [1.165, 1.54) is 15.7 Å². The lowest BCUT2D eigenvalue weighted by atomic mass is 9.88. The Morgan fingerprint density at radius 1 is 1.30 bits per heavy atom. The first-order valence-corrected chi connectivity index (χ1v) is 7.94. The quantitative estimate of drug-likeness (QED) is 0.935. The zero-order chi connectivity index (χ0) is 16.4.